The smallest absolute Gasteiger partial charge is 0.346 e. The predicted molar refractivity (Wildman–Crippen MR) is 69.1 cm³/mol. The van der Waals surface area contributed by atoms with E-state index >= 15 is 0 Å². The van der Waals surface area contributed by atoms with Gasteiger partial charge in [-0.25, -0.2) is 22.7 Å². The van der Waals surface area contributed by atoms with Crippen molar-refractivity contribution in [2.24, 2.45) is 5.73 Å². The summed E-state index contributed by atoms with van der Waals surface area (Å²) < 4.78 is 28.4. The van der Waals surface area contributed by atoms with Gasteiger partial charge >= 0.3 is 12.0 Å². The zero-order valence-electron chi connectivity index (χ0n) is 9.42. The molecule has 0 bridgehead atoms. The highest BCUT2D eigenvalue weighted by Gasteiger charge is 2.54. The molecule has 1 unspecified atom stereocenters. The average molecular weight is 349 g/mol. The number of urea groups is 1. The Hall–Kier alpha value is -1.61. The summed E-state index contributed by atoms with van der Waals surface area (Å²) in [4.78, 5) is 22.6. The Balaban J connectivity index is 2.46. The molecule has 0 radical (unpaired) electrons. The molecule has 7 nitrogen and oxygen atoms in total. The van der Waals surface area contributed by atoms with Crippen LogP contribution in [-0.2, 0) is 21.2 Å². The summed E-state index contributed by atoms with van der Waals surface area (Å²) >= 11 is 2.85. The maximum atomic E-state index is 12.0. The second kappa shape index (κ2) is 4.49. The molecule has 1 aliphatic heterocycles. The van der Waals surface area contributed by atoms with E-state index in [1.807, 2.05) is 0 Å². The Kier molecular flexibility index (Phi) is 3.27. The van der Waals surface area contributed by atoms with Gasteiger partial charge in [-0.1, -0.05) is 34.1 Å². The number of halogens is 1. The number of hydrogen-bond acceptors (Lipinski definition) is 5. The maximum Gasteiger partial charge on any atom is 0.346 e. The van der Waals surface area contributed by atoms with Crippen molar-refractivity contribution < 1.29 is 22.7 Å². The van der Waals surface area contributed by atoms with Gasteiger partial charge in [0.05, 0.1) is 0 Å². The first-order chi connectivity index (χ1) is 8.76. The Labute approximate surface area is 117 Å². The highest BCUT2D eigenvalue weighted by atomic mass is 79.9. The standard InChI is InChI=1S/C10H9BrN2O5S/c11-10(19(16,17)13-9(12)15)5-6-3-1-2-4-7(6)18-8(10)14/h1-4H,5H2,(H3,12,13,15). The lowest BCUT2D eigenvalue weighted by atomic mass is 10.1. The van der Waals surface area contributed by atoms with E-state index in [-0.39, 0.29) is 12.2 Å². The fourth-order valence-corrected chi connectivity index (χ4v) is 3.32. The number of para-hydroxylation sites is 1. The van der Waals surface area contributed by atoms with Crippen LogP contribution in [0.5, 0.6) is 5.75 Å². The largest absolute Gasteiger partial charge is 0.424 e. The Morgan fingerprint density at radius 1 is 1.42 bits per heavy atom. The predicted octanol–water partition coefficient (Wildman–Crippen LogP) is 0.237. The minimum atomic E-state index is -4.36. The number of hydrogen-bond donors (Lipinski definition) is 2. The summed E-state index contributed by atoms with van der Waals surface area (Å²) in [6, 6.07) is 5.24. The van der Waals surface area contributed by atoms with Gasteiger partial charge in [-0.3, -0.25) is 0 Å². The summed E-state index contributed by atoms with van der Waals surface area (Å²) in [6.45, 7) is 0. The Bertz CT molecular complexity index is 660. The number of esters is 1. The molecule has 3 N–H and O–H groups in total. The molecule has 19 heavy (non-hydrogen) atoms. The molecule has 1 aliphatic rings. The number of carbonyl (C=O) groups is 2. The van der Waals surface area contributed by atoms with Gasteiger partial charge in [-0.15, -0.1) is 0 Å². The monoisotopic (exact) mass is 348 g/mol. The van der Waals surface area contributed by atoms with Crippen molar-refractivity contribution in [3.63, 3.8) is 0 Å². The second-order valence-electron chi connectivity index (χ2n) is 3.87. The normalized spacial score (nSPS) is 22.3. The van der Waals surface area contributed by atoms with Crippen LogP contribution in [0.1, 0.15) is 5.56 Å². The maximum absolute atomic E-state index is 12.0. The van der Waals surface area contributed by atoms with Crippen molar-refractivity contribution in [2.45, 2.75) is 10.1 Å². The van der Waals surface area contributed by atoms with E-state index in [1.54, 1.807) is 29.0 Å². The summed E-state index contributed by atoms with van der Waals surface area (Å²) in [7, 11) is -4.36. The molecule has 102 valence electrons. The number of ether oxygens (including phenoxy) is 1. The van der Waals surface area contributed by atoms with Crippen LogP contribution < -0.4 is 15.2 Å². The topological polar surface area (TPSA) is 116 Å². The Morgan fingerprint density at radius 3 is 2.68 bits per heavy atom. The molecule has 2 amide bonds. The van der Waals surface area contributed by atoms with Crippen LogP contribution in [0.25, 0.3) is 0 Å². The van der Waals surface area contributed by atoms with Gasteiger partial charge < -0.3 is 10.5 Å². The molecular formula is C10H9BrN2O5S. The highest BCUT2D eigenvalue weighted by molar-refractivity contribution is 9.12. The zero-order valence-corrected chi connectivity index (χ0v) is 11.8. The first-order valence-corrected chi connectivity index (χ1v) is 7.35. The van der Waals surface area contributed by atoms with Crippen LogP contribution in [0.4, 0.5) is 4.79 Å². The molecule has 2 rings (SSSR count). The van der Waals surface area contributed by atoms with E-state index in [2.05, 4.69) is 15.9 Å². The van der Waals surface area contributed by atoms with Gasteiger partial charge in [0.2, 0.25) is 3.66 Å². The summed E-state index contributed by atoms with van der Waals surface area (Å²) in [5, 5.41) is 0. The SMILES string of the molecule is NC(=O)NS(=O)(=O)C1(Br)Cc2ccccc2OC1=O. The van der Waals surface area contributed by atoms with Crippen molar-refractivity contribution >= 4 is 38.0 Å². The molecule has 1 atom stereocenters. The van der Waals surface area contributed by atoms with Crippen LogP contribution in [-0.4, -0.2) is 24.1 Å². The van der Waals surface area contributed by atoms with E-state index in [0.29, 0.717) is 5.56 Å². The minimum absolute atomic E-state index is 0.176. The van der Waals surface area contributed by atoms with Gasteiger partial charge in [0, 0.05) is 6.42 Å². The molecule has 0 aromatic heterocycles. The van der Waals surface area contributed by atoms with E-state index in [0.717, 1.165) is 0 Å². The third kappa shape index (κ3) is 2.30. The van der Waals surface area contributed by atoms with Gasteiger partial charge in [-0.05, 0) is 11.6 Å². The lowest BCUT2D eigenvalue weighted by Crippen LogP contribution is -2.54. The second-order valence-corrected chi connectivity index (χ2v) is 7.66. The lowest BCUT2D eigenvalue weighted by Gasteiger charge is -2.29. The zero-order chi connectivity index (χ0) is 14.3. The Morgan fingerprint density at radius 2 is 2.05 bits per heavy atom. The fraction of sp³-hybridized carbons (Fsp3) is 0.200. The number of nitrogens with one attached hydrogen (secondary N) is 1. The van der Waals surface area contributed by atoms with Crippen molar-refractivity contribution in [3.05, 3.63) is 29.8 Å². The number of benzene rings is 1. The molecule has 0 fully saturated rings. The van der Waals surface area contributed by atoms with Crippen molar-refractivity contribution in [2.75, 3.05) is 0 Å². The third-order valence-corrected chi connectivity index (χ3v) is 6.07. The number of sulfonamides is 1. The fourth-order valence-electron chi connectivity index (χ4n) is 1.66. The van der Waals surface area contributed by atoms with Crippen LogP contribution in [0.3, 0.4) is 0 Å². The number of amides is 2. The molecule has 0 saturated heterocycles. The summed E-state index contributed by atoms with van der Waals surface area (Å²) in [6.07, 6.45) is -0.176. The summed E-state index contributed by atoms with van der Waals surface area (Å²) in [5.74, 6) is -0.739. The summed E-state index contributed by atoms with van der Waals surface area (Å²) in [5.41, 5.74) is 5.30. The lowest BCUT2D eigenvalue weighted by molar-refractivity contribution is -0.135. The molecule has 0 saturated carbocycles. The molecule has 9 heteroatoms. The number of alkyl halides is 1. The molecule has 1 aromatic carbocycles. The highest BCUT2D eigenvalue weighted by Crippen LogP contribution is 2.38. The van der Waals surface area contributed by atoms with Crippen LogP contribution in [0, 0.1) is 0 Å². The van der Waals surface area contributed by atoms with Crippen LogP contribution in [0.15, 0.2) is 24.3 Å². The number of primary amides is 1. The molecule has 0 aliphatic carbocycles. The van der Waals surface area contributed by atoms with E-state index in [1.165, 1.54) is 0 Å². The number of rotatable bonds is 2. The van der Waals surface area contributed by atoms with Crippen molar-refractivity contribution in [1.82, 2.24) is 4.72 Å². The van der Waals surface area contributed by atoms with E-state index < -0.39 is 25.7 Å². The first kappa shape index (κ1) is 13.8. The minimum Gasteiger partial charge on any atom is -0.424 e. The third-order valence-electron chi connectivity index (χ3n) is 2.56. The van der Waals surface area contributed by atoms with E-state index in [4.69, 9.17) is 10.5 Å². The molecular weight excluding hydrogens is 340 g/mol. The molecule has 1 aromatic rings. The van der Waals surface area contributed by atoms with Gasteiger partial charge in [0.15, 0.2) is 0 Å². The van der Waals surface area contributed by atoms with Gasteiger partial charge in [0.25, 0.3) is 10.0 Å². The number of carbonyl (C=O) groups excluding carboxylic acids is 2. The van der Waals surface area contributed by atoms with Crippen LogP contribution in [0.2, 0.25) is 0 Å². The van der Waals surface area contributed by atoms with Gasteiger partial charge in [0.1, 0.15) is 5.75 Å². The number of nitrogens with two attached hydrogens (primary N) is 1. The van der Waals surface area contributed by atoms with E-state index in [9.17, 15) is 18.0 Å². The first-order valence-electron chi connectivity index (χ1n) is 5.07. The molecule has 1 heterocycles. The van der Waals surface area contributed by atoms with Crippen LogP contribution >= 0.6 is 15.9 Å². The average Bonchev–Trinajstić information content (AvgIpc) is 2.28. The molecule has 0 spiro atoms. The van der Waals surface area contributed by atoms with Gasteiger partial charge in [-0.2, -0.15) is 0 Å². The quantitative estimate of drug-likeness (QED) is 0.451. The van der Waals surface area contributed by atoms with Crippen molar-refractivity contribution in [3.8, 4) is 5.75 Å². The van der Waals surface area contributed by atoms with Crippen molar-refractivity contribution in [1.29, 1.82) is 0 Å². The number of fused-ring (bicyclic) bond motifs is 1.